The molecule has 2 aliphatic rings. The predicted molar refractivity (Wildman–Crippen MR) is 133 cm³/mol. The molecule has 8 N–H and O–H groups in total. The Kier molecular flexibility index (Phi) is 7.60. The van der Waals surface area contributed by atoms with Crippen LogP contribution >= 0.6 is 0 Å². The molecule has 14 nitrogen and oxygen atoms in total. The van der Waals surface area contributed by atoms with Crippen LogP contribution in [0.2, 0.25) is 0 Å². The van der Waals surface area contributed by atoms with Gasteiger partial charge in [0.05, 0.1) is 12.7 Å². The third-order valence-corrected chi connectivity index (χ3v) is 6.78. The van der Waals surface area contributed by atoms with Crippen LogP contribution in [0.15, 0.2) is 45.6 Å². The number of aromatic hydroxyl groups is 2. The van der Waals surface area contributed by atoms with Crippen LogP contribution in [-0.2, 0) is 9.47 Å². The van der Waals surface area contributed by atoms with E-state index >= 15 is 0 Å². The number of aliphatic hydroxyl groups excluding tert-OH is 6. The molecule has 0 spiro atoms. The lowest BCUT2D eigenvalue weighted by Crippen LogP contribution is -2.58. The molecule has 2 saturated heterocycles. The maximum Gasteiger partial charge on any atom is 0.239 e. The molecule has 0 unspecified atom stereocenters. The van der Waals surface area contributed by atoms with Crippen molar-refractivity contribution in [3.8, 4) is 34.3 Å². The Morgan fingerprint density at radius 1 is 0.825 bits per heavy atom. The van der Waals surface area contributed by atoms with Crippen LogP contribution in [0.5, 0.6) is 23.0 Å². The number of aliphatic hydroxyl groups is 6. The molecule has 2 aromatic carbocycles. The molecule has 2 fully saturated rings. The summed E-state index contributed by atoms with van der Waals surface area (Å²) >= 11 is 0. The fourth-order valence-corrected chi connectivity index (χ4v) is 4.48. The van der Waals surface area contributed by atoms with Crippen molar-refractivity contribution in [3.05, 3.63) is 46.6 Å². The zero-order chi connectivity index (χ0) is 28.9. The minimum absolute atomic E-state index is 0.0852. The number of benzene rings is 2. The van der Waals surface area contributed by atoms with E-state index in [4.69, 9.17) is 23.4 Å². The third kappa shape index (κ3) is 5.07. The monoisotopic (exact) mass is 564 g/mol. The van der Waals surface area contributed by atoms with Gasteiger partial charge in [0, 0.05) is 17.7 Å². The van der Waals surface area contributed by atoms with Crippen LogP contribution in [0.4, 0.5) is 0 Å². The van der Waals surface area contributed by atoms with Crippen LogP contribution < -0.4 is 14.9 Å². The first kappa shape index (κ1) is 28.1. The second-order valence-electron chi connectivity index (χ2n) is 9.62. The first-order valence-corrected chi connectivity index (χ1v) is 12.3. The van der Waals surface area contributed by atoms with Crippen LogP contribution in [0.3, 0.4) is 0 Å². The highest BCUT2D eigenvalue weighted by Crippen LogP contribution is 2.38. The smallest absolute Gasteiger partial charge is 0.239 e. The van der Waals surface area contributed by atoms with Crippen LogP contribution in [0.25, 0.3) is 22.3 Å². The fourth-order valence-electron chi connectivity index (χ4n) is 4.48. The van der Waals surface area contributed by atoms with Crippen molar-refractivity contribution in [2.24, 2.45) is 0 Å². The molecule has 1 aromatic heterocycles. The van der Waals surface area contributed by atoms with Crippen molar-refractivity contribution < 1.29 is 64.2 Å². The molecule has 3 heterocycles. The van der Waals surface area contributed by atoms with E-state index in [0.29, 0.717) is 0 Å². The summed E-state index contributed by atoms with van der Waals surface area (Å²) in [5, 5.41) is 80.5. The highest BCUT2D eigenvalue weighted by molar-refractivity contribution is 5.88. The number of rotatable bonds is 5. The van der Waals surface area contributed by atoms with Gasteiger partial charge < -0.3 is 64.2 Å². The summed E-state index contributed by atoms with van der Waals surface area (Å²) in [5.74, 6) is -1.54. The van der Waals surface area contributed by atoms with E-state index in [1.807, 2.05) is 0 Å². The molecule has 40 heavy (non-hydrogen) atoms. The van der Waals surface area contributed by atoms with Crippen molar-refractivity contribution in [1.29, 1.82) is 0 Å². The summed E-state index contributed by atoms with van der Waals surface area (Å²) in [5.41, 5.74) is -0.861. The van der Waals surface area contributed by atoms with E-state index in [1.54, 1.807) is 0 Å². The molecule has 2 aliphatic heterocycles. The van der Waals surface area contributed by atoms with Gasteiger partial charge in [-0.05, 0) is 31.2 Å². The van der Waals surface area contributed by atoms with Crippen LogP contribution in [0, 0.1) is 0 Å². The van der Waals surface area contributed by atoms with Gasteiger partial charge in [0.2, 0.25) is 23.8 Å². The lowest BCUT2D eigenvalue weighted by molar-refractivity contribution is -0.268. The van der Waals surface area contributed by atoms with Crippen molar-refractivity contribution in [2.45, 2.75) is 62.2 Å². The van der Waals surface area contributed by atoms with E-state index in [-0.39, 0.29) is 40.4 Å². The highest BCUT2D eigenvalue weighted by atomic mass is 16.7. The van der Waals surface area contributed by atoms with E-state index in [0.717, 1.165) is 6.07 Å². The summed E-state index contributed by atoms with van der Waals surface area (Å²) < 4.78 is 27.9. The molecule has 5 rings (SSSR count). The first-order valence-electron chi connectivity index (χ1n) is 12.3. The third-order valence-electron chi connectivity index (χ3n) is 6.78. The summed E-state index contributed by atoms with van der Waals surface area (Å²) in [7, 11) is 0. The summed E-state index contributed by atoms with van der Waals surface area (Å²) in [6, 6.07) is 7.69. The lowest BCUT2D eigenvalue weighted by Gasteiger charge is -2.38. The molecule has 0 amide bonds. The van der Waals surface area contributed by atoms with E-state index in [9.17, 15) is 45.6 Å². The zero-order valence-electron chi connectivity index (χ0n) is 20.9. The van der Waals surface area contributed by atoms with E-state index in [1.165, 1.54) is 37.3 Å². The maximum atomic E-state index is 13.6. The average molecular weight is 564 g/mol. The van der Waals surface area contributed by atoms with Gasteiger partial charge in [0.1, 0.15) is 64.8 Å². The number of hydrogen-bond acceptors (Lipinski definition) is 14. The second-order valence-corrected chi connectivity index (χ2v) is 9.62. The van der Waals surface area contributed by atoms with Gasteiger partial charge in [-0.15, -0.1) is 0 Å². The van der Waals surface area contributed by atoms with Gasteiger partial charge in [0.15, 0.2) is 5.76 Å². The number of phenolic OH excluding ortho intramolecular Hbond substituents is 2. The van der Waals surface area contributed by atoms with Crippen LogP contribution in [0.1, 0.15) is 6.92 Å². The molecular formula is C26H28O14. The number of fused-ring (bicyclic) bond motifs is 1. The van der Waals surface area contributed by atoms with Crippen molar-refractivity contribution in [1.82, 2.24) is 0 Å². The fraction of sp³-hybridized carbons (Fsp3) is 0.423. The Bertz CT molecular complexity index is 1420. The zero-order valence-corrected chi connectivity index (χ0v) is 20.9. The lowest BCUT2D eigenvalue weighted by atomic mass is 10.00. The van der Waals surface area contributed by atoms with Crippen molar-refractivity contribution in [3.63, 3.8) is 0 Å². The molecule has 0 aliphatic carbocycles. The second kappa shape index (κ2) is 10.8. The Balaban J connectivity index is 1.58. The minimum Gasteiger partial charge on any atom is -0.508 e. The standard InChI is InChI=1S/C26H28O14/c1-9-17(30)20(33)22(35)26(37-9)40-24-19(32)16-13(28)6-12(38-25-21(34)18(31)14(29)8-36-25)7-15(16)39-23(24)10-2-4-11(27)5-3-10/h2-7,9,14,17-18,20-22,25-31,33-35H,8H2,1H3/t9-,14-,17-,18-,20+,21-,22-,25+,26-/m0/s1. The summed E-state index contributed by atoms with van der Waals surface area (Å²) in [6.07, 6.45) is -13.3. The van der Waals surface area contributed by atoms with Crippen molar-refractivity contribution in [2.75, 3.05) is 6.61 Å². The molecule has 0 bridgehead atoms. The Morgan fingerprint density at radius 3 is 2.20 bits per heavy atom. The molecule has 14 heteroatoms. The summed E-state index contributed by atoms with van der Waals surface area (Å²) in [6.45, 7) is 1.10. The molecular weight excluding hydrogens is 536 g/mol. The van der Waals surface area contributed by atoms with Gasteiger partial charge in [-0.2, -0.15) is 0 Å². The van der Waals surface area contributed by atoms with Crippen LogP contribution in [-0.4, -0.2) is 103 Å². The molecule has 0 radical (unpaired) electrons. The first-order chi connectivity index (χ1) is 19.0. The average Bonchev–Trinajstić information content (AvgIpc) is 2.92. The Labute approximate surface area is 225 Å². The Hall–Kier alpha value is -3.47. The number of hydrogen-bond donors (Lipinski definition) is 8. The van der Waals surface area contributed by atoms with Crippen molar-refractivity contribution >= 4 is 11.0 Å². The van der Waals surface area contributed by atoms with Gasteiger partial charge in [-0.1, -0.05) is 0 Å². The molecule has 0 saturated carbocycles. The predicted octanol–water partition coefficient (Wildman–Crippen LogP) is -1.10. The van der Waals surface area contributed by atoms with E-state index < -0.39 is 72.2 Å². The Morgan fingerprint density at radius 2 is 1.50 bits per heavy atom. The number of phenols is 2. The molecule has 3 aromatic rings. The largest absolute Gasteiger partial charge is 0.508 e. The number of ether oxygens (including phenoxy) is 4. The van der Waals surface area contributed by atoms with Gasteiger partial charge in [-0.25, -0.2) is 0 Å². The molecule has 9 atom stereocenters. The maximum absolute atomic E-state index is 13.6. The topological polar surface area (TPSA) is 229 Å². The molecule has 216 valence electrons. The summed E-state index contributed by atoms with van der Waals surface area (Å²) in [4.78, 5) is 13.6. The van der Waals surface area contributed by atoms with E-state index in [2.05, 4.69) is 0 Å². The highest BCUT2D eigenvalue weighted by Gasteiger charge is 2.44. The van der Waals surface area contributed by atoms with Gasteiger partial charge >= 0.3 is 0 Å². The SMILES string of the molecule is C[C@@H]1O[C@@H](Oc2c(-c3ccc(O)cc3)oc3cc(O[C@H]4OC[C@H](O)[C@H](O)[C@@H]4O)cc(O)c3c2=O)[C@@H](O)[C@H](O)[C@H]1O. The van der Waals surface area contributed by atoms with Gasteiger partial charge in [-0.3, -0.25) is 4.79 Å². The minimum atomic E-state index is -1.76. The normalized spacial score (nSPS) is 32.6. The van der Waals surface area contributed by atoms with Gasteiger partial charge in [0.25, 0.3) is 0 Å². The quantitative estimate of drug-likeness (QED) is 0.184.